The van der Waals surface area contributed by atoms with Crippen molar-refractivity contribution in [2.45, 2.75) is 20.5 Å². The van der Waals surface area contributed by atoms with Gasteiger partial charge in [-0.2, -0.15) is 0 Å². The average Bonchev–Trinajstić information content (AvgIpc) is 2.83. The Balaban J connectivity index is 1.65. The fraction of sp³-hybridized carbons (Fsp3) is 0.148. The summed E-state index contributed by atoms with van der Waals surface area (Å²) < 4.78 is 13.2. The molecule has 0 unspecified atom stereocenters. The number of halogens is 2. The number of nitrogens with zero attached hydrogens (tertiary/aromatic N) is 1. The summed E-state index contributed by atoms with van der Waals surface area (Å²) in [5, 5.41) is 2.25. The number of carbonyl (C=O) groups is 3. The number of hydrogen-bond donors (Lipinski definition) is 1. The van der Waals surface area contributed by atoms with Crippen LogP contribution in [0.2, 0.25) is 0 Å². The van der Waals surface area contributed by atoms with Gasteiger partial charge >= 0.3 is 6.03 Å². The topological polar surface area (TPSA) is 84.9 Å². The van der Waals surface area contributed by atoms with Crippen molar-refractivity contribution < 1.29 is 23.9 Å². The maximum atomic E-state index is 13.2. The maximum Gasteiger partial charge on any atom is 0.335 e. The predicted molar refractivity (Wildman–Crippen MR) is 149 cm³/mol. The molecule has 0 aliphatic carbocycles. The summed E-state index contributed by atoms with van der Waals surface area (Å²) in [6.45, 7) is 4.23. The number of amides is 4. The Morgan fingerprint density at radius 2 is 1.83 bits per heavy atom. The van der Waals surface area contributed by atoms with Crippen LogP contribution in [-0.2, 0) is 16.2 Å². The van der Waals surface area contributed by atoms with Crippen LogP contribution in [0.25, 0.3) is 6.08 Å². The molecule has 1 saturated heterocycles. The molecule has 4 amide bonds. The molecule has 1 heterocycles. The lowest BCUT2D eigenvalue weighted by Crippen LogP contribution is -2.54. The summed E-state index contributed by atoms with van der Waals surface area (Å²) in [6.07, 6.45) is 1.44. The normalized spacial score (nSPS) is 14.8. The zero-order valence-corrected chi connectivity index (χ0v) is 23.5. The van der Waals surface area contributed by atoms with Gasteiger partial charge in [-0.15, -0.1) is 0 Å². The molecule has 3 aromatic carbocycles. The second-order valence-corrected chi connectivity index (χ2v) is 10.2. The molecule has 1 N–H and O–H groups in total. The van der Waals surface area contributed by atoms with Gasteiger partial charge in [0.05, 0.1) is 16.4 Å². The smallest absolute Gasteiger partial charge is 0.335 e. The highest BCUT2D eigenvalue weighted by Crippen LogP contribution is 2.36. The van der Waals surface area contributed by atoms with Gasteiger partial charge in [-0.3, -0.25) is 14.9 Å². The fourth-order valence-corrected chi connectivity index (χ4v) is 4.77. The van der Waals surface area contributed by atoms with E-state index in [4.69, 9.17) is 9.47 Å². The zero-order chi connectivity index (χ0) is 26.0. The molecule has 0 saturated carbocycles. The van der Waals surface area contributed by atoms with E-state index in [-0.39, 0.29) is 5.57 Å². The third-order valence-corrected chi connectivity index (χ3v) is 7.22. The van der Waals surface area contributed by atoms with E-state index < -0.39 is 17.8 Å². The van der Waals surface area contributed by atoms with Crippen LogP contribution in [0.15, 0.2) is 64.6 Å². The molecule has 0 spiro atoms. The van der Waals surface area contributed by atoms with Crippen molar-refractivity contribution in [3.63, 3.8) is 0 Å². The number of carbonyl (C=O) groups excluding carboxylic acids is 3. The summed E-state index contributed by atoms with van der Waals surface area (Å²) in [4.78, 5) is 39.3. The number of urea groups is 1. The largest absolute Gasteiger partial charge is 0.493 e. The molecule has 7 nitrogen and oxygen atoms in total. The van der Waals surface area contributed by atoms with E-state index in [1.807, 2.05) is 38.1 Å². The number of barbiturate groups is 1. The monoisotopic (exact) mass is 660 g/mol. The van der Waals surface area contributed by atoms with Gasteiger partial charge in [-0.25, -0.2) is 9.69 Å². The van der Waals surface area contributed by atoms with E-state index in [1.165, 1.54) is 13.2 Å². The molecule has 0 radical (unpaired) electrons. The van der Waals surface area contributed by atoms with Crippen LogP contribution in [-0.4, -0.2) is 25.0 Å². The minimum Gasteiger partial charge on any atom is -0.493 e. The van der Waals surface area contributed by atoms with Gasteiger partial charge in [0.1, 0.15) is 12.2 Å². The Bertz CT molecular complexity index is 1420. The Morgan fingerprint density at radius 1 is 1.06 bits per heavy atom. The highest BCUT2D eigenvalue weighted by molar-refractivity contribution is 14.1. The Labute approximate surface area is 230 Å². The van der Waals surface area contributed by atoms with Gasteiger partial charge in [0.2, 0.25) is 0 Å². The average molecular weight is 661 g/mol. The molecule has 1 aliphatic heterocycles. The quantitative estimate of drug-likeness (QED) is 0.202. The maximum absolute atomic E-state index is 13.2. The molecular formula is C27H22BrIN2O5. The summed E-state index contributed by atoms with van der Waals surface area (Å²) in [5.74, 6) is -0.451. The van der Waals surface area contributed by atoms with Crippen molar-refractivity contribution in [1.29, 1.82) is 0 Å². The second kappa shape index (κ2) is 10.8. The van der Waals surface area contributed by atoms with Crippen molar-refractivity contribution in [2.24, 2.45) is 0 Å². The summed E-state index contributed by atoms with van der Waals surface area (Å²) in [7, 11) is 1.52. The Hall–Kier alpha value is -3.18. The van der Waals surface area contributed by atoms with Gasteiger partial charge < -0.3 is 9.47 Å². The van der Waals surface area contributed by atoms with Crippen LogP contribution in [0.4, 0.5) is 10.5 Å². The number of rotatable bonds is 6. The number of ether oxygens (including phenoxy) is 2. The predicted octanol–water partition coefficient (Wildman–Crippen LogP) is 5.92. The minimum absolute atomic E-state index is 0.165. The number of nitrogens with one attached hydrogen (secondary N) is 1. The lowest BCUT2D eigenvalue weighted by molar-refractivity contribution is -0.122. The zero-order valence-electron chi connectivity index (χ0n) is 19.7. The Kier molecular flexibility index (Phi) is 7.79. The molecule has 4 rings (SSSR count). The van der Waals surface area contributed by atoms with Crippen molar-refractivity contribution in [1.82, 2.24) is 5.32 Å². The van der Waals surface area contributed by atoms with Crippen molar-refractivity contribution in [3.8, 4) is 11.5 Å². The molecule has 9 heteroatoms. The first-order chi connectivity index (χ1) is 17.2. The van der Waals surface area contributed by atoms with Crippen LogP contribution in [0.1, 0.15) is 22.3 Å². The number of aryl methyl sites for hydroxylation is 2. The van der Waals surface area contributed by atoms with Crippen LogP contribution in [0.3, 0.4) is 0 Å². The molecule has 0 aromatic heterocycles. The van der Waals surface area contributed by atoms with Gasteiger partial charge in [-0.05, 0) is 89.5 Å². The van der Waals surface area contributed by atoms with Gasteiger partial charge in [-0.1, -0.05) is 45.8 Å². The second-order valence-electron chi connectivity index (χ2n) is 8.20. The van der Waals surface area contributed by atoms with Gasteiger partial charge in [0.15, 0.2) is 11.5 Å². The highest BCUT2D eigenvalue weighted by Gasteiger charge is 2.37. The van der Waals surface area contributed by atoms with E-state index in [2.05, 4.69) is 43.8 Å². The van der Waals surface area contributed by atoms with Crippen LogP contribution in [0, 0.1) is 17.4 Å². The molecular weight excluding hydrogens is 639 g/mol. The standard InChI is InChI=1S/C27H22BrIN2O5/c1-15-5-4-6-17(9-15)14-36-24-22(29)12-18(13-23(24)35-3)11-20-25(32)30-27(34)31(26(20)33)19-7-8-21(28)16(2)10-19/h4-13H,14H2,1-3H3,(H,30,32,34)/b20-11+. The molecule has 0 atom stereocenters. The summed E-state index contributed by atoms with van der Waals surface area (Å²) in [6, 6.07) is 15.8. The molecule has 1 aliphatic rings. The number of imide groups is 2. The molecule has 184 valence electrons. The van der Waals surface area contributed by atoms with Gasteiger partial charge in [0.25, 0.3) is 11.8 Å². The van der Waals surface area contributed by atoms with Crippen molar-refractivity contribution in [2.75, 3.05) is 12.0 Å². The summed E-state index contributed by atoms with van der Waals surface area (Å²) >= 11 is 5.53. The molecule has 3 aromatic rings. The van der Waals surface area contributed by atoms with E-state index in [1.54, 1.807) is 30.3 Å². The number of hydrogen-bond acceptors (Lipinski definition) is 5. The van der Waals surface area contributed by atoms with E-state index in [0.29, 0.717) is 29.4 Å². The highest BCUT2D eigenvalue weighted by atomic mass is 127. The Morgan fingerprint density at radius 3 is 2.53 bits per heavy atom. The fourth-order valence-electron chi connectivity index (χ4n) is 3.75. The minimum atomic E-state index is -0.795. The third kappa shape index (κ3) is 5.46. The van der Waals surface area contributed by atoms with E-state index >= 15 is 0 Å². The van der Waals surface area contributed by atoms with Gasteiger partial charge in [0, 0.05) is 4.47 Å². The van der Waals surface area contributed by atoms with E-state index in [9.17, 15) is 14.4 Å². The number of anilines is 1. The van der Waals surface area contributed by atoms with Crippen molar-refractivity contribution >= 4 is 68.1 Å². The molecule has 0 bridgehead atoms. The first-order valence-electron chi connectivity index (χ1n) is 10.9. The third-order valence-electron chi connectivity index (χ3n) is 5.53. The first-order valence-corrected chi connectivity index (χ1v) is 12.8. The lowest BCUT2D eigenvalue weighted by atomic mass is 10.1. The van der Waals surface area contributed by atoms with Crippen LogP contribution in [0.5, 0.6) is 11.5 Å². The molecule has 1 fully saturated rings. The van der Waals surface area contributed by atoms with E-state index in [0.717, 1.165) is 29.6 Å². The number of benzene rings is 3. The van der Waals surface area contributed by atoms with Crippen LogP contribution < -0.4 is 19.7 Å². The SMILES string of the molecule is COc1cc(/C=C2\C(=O)NC(=O)N(c3ccc(Br)c(C)c3)C2=O)cc(I)c1OCc1cccc(C)c1. The number of methoxy groups -OCH3 is 1. The summed E-state index contributed by atoms with van der Waals surface area (Å²) in [5.41, 5.74) is 3.76. The van der Waals surface area contributed by atoms with Crippen LogP contribution >= 0.6 is 38.5 Å². The first kappa shape index (κ1) is 25.9. The lowest BCUT2D eigenvalue weighted by Gasteiger charge is -2.26. The van der Waals surface area contributed by atoms with Crippen molar-refractivity contribution in [3.05, 3.63) is 90.5 Å². The molecule has 36 heavy (non-hydrogen) atoms.